The minimum Gasteiger partial charge on any atom is -0.498 e. The number of hydrogen-bond acceptors (Lipinski definition) is 6. The van der Waals surface area contributed by atoms with Crippen molar-refractivity contribution in [3.63, 3.8) is 0 Å². The van der Waals surface area contributed by atoms with Gasteiger partial charge in [-0.15, -0.1) is 0 Å². The summed E-state index contributed by atoms with van der Waals surface area (Å²) in [4.78, 5) is 12.6. The highest BCUT2D eigenvalue weighted by molar-refractivity contribution is 5.95. The zero-order chi connectivity index (χ0) is 46.4. The lowest BCUT2D eigenvalue weighted by Gasteiger charge is -2.54. The molecule has 3 rings (SSSR count). The SMILES string of the molecule is CCCCCCCCCCCC/C=C/C=C/C=C/C=C/O[C@@H]1CC(C)=C(C#C/C(C)=C/C=C/C=C/C=C(C)/C=C2C=C(/C=C/[C@@]3(O)C(C)(C)C[C@H](O)C[C@@]3(C)O)C(=O)O/2)C(C)(C)C1. The van der Waals surface area contributed by atoms with E-state index in [1.165, 1.54) is 94.4 Å². The van der Waals surface area contributed by atoms with Crippen LogP contribution in [0.4, 0.5) is 0 Å². The van der Waals surface area contributed by atoms with Crippen molar-refractivity contribution in [3.05, 3.63) is 143 Å². The summed E-state index contributed by atoms with van der Waals surface area (Å²) in [5, 5.41) is 32.8. The summed E-state index contributed by atoms with van der Waals surface area (Å²) in [5.41, 5.74) is 0.456. The smallest absolute Gasteiger partial charge is 0.343 e. The van der Waals surface area contributed by atoms with Crippen LogP contribution in [0.1, 0.15) is 159 Å². The van der Waals surface area contributed by atoms with Crippen LogP contribution < -0.4 is 0 Å². The molecule has 2 aliphatic carbocycles. The first-order valence-corrected chi connectivity index (χ1v) is 23.6. The third kappa shape index (κ3) is 17.9. The number of cyclic esters (lactones) is 1. The van der Waals surface area contributed by atoms with Crippen LogP contribution in [0.3, 0.4) is 0 Å². The maximum atomic E-state index is 12.6. The van der Waals surface area contributed by atoms with Crippen LogP contribution >= 0.6 is 0 Å². The average Bonchev–Trinajstić information content (AvgIpc) is 3.55. The lowest BCUT2D eigenvalue weighted by Crippen LogP contribution is -2.65. The molecule has 0 amide bonds. The van der Waals surface area contributed by atoms with E-state index in [0.29, 0.717) is 12.2 Å². The first kappa shape index (κ1) is 52.9. The fraction of sp³-hybridized carbons (Fsp3) is 0.526. The molecule has 6 nitrogen and oxygen atoms in total. The maximum absolute atomic E-state index is 12.6. The van der Waals surface area contributed by atoms with Crippen molar-refractivity contribution in [1.82, 2.24) is 0 Å². The van der Waals surface area contributed by atoms with Gasteiger partial charge in [0.15, 0.2) is 0 Å². The summed E-state index contributed by atoms with van der Waals surface area (Å²) >= 11 is 0. The van der Waals surface area contributed by atoms with Crippen LogP contribution in [0.5, 0.6) is 0 Å². The molecule has 3 aliphatic rings. The minimum absolute atomic E-state index is 0.0325. The summed E-state index contributed by atoms with van der Waals surface area (Å²) in [5.74, 6) is 6.68. The van der Waals surface area contributed by atoms with E-state index in [1.54, 1.807) is 26.0 Å². The fourth-order valence-corrected chi connectivity index (χ4v) is 8.90. The van der Waals surface area contributed by atoms with E-state index in [2.05, 4.69) is 63.8 Å². The van der Waals surface area contributed by atoms with Crippen LogP contribution in [0.25, 0.3) is 0 Å². The Hall–Kier alpha value is -4.41. The van der Waals surface area contributed by atoms with Crippen molar-refractivity contribution in [1.29, 1.82) is 0 Å². The Balaban J connectivity index is 1.42. The first-order valence-electron chi connectivity index (χ1n) is 23.6. The molecule has 6 heteroatoms. The number of allylic oxidation sites excluding steroid dienone is 18. The molecule has 3 N–H and O–H groups in total. The van der Waals surface area contributed by atoms with Gasteiger partial charge in [0, 0.05) is 29.2 Å². The van der Waals surface area contributed by atoms with Gasteiger partial charge < -0.3 is 24.8 Å². The van der Waals surface area contributed by atoms with Gasteiger partial charge >= 0.3 is 5.97 Å². The second-order valence-electron chi connectivity index (χ2n) is 19.3. The quantitative estimate of drug-likeness (QED) is 0.0330. The summed E-state index contributed by atoms with van der Waals surface area (Å²) in [6.07, 6.45) is 50.8. The van der Waals surface area contributed by atoms with Gasteiger partial charge in [0.25, 0.3) is 0 Å². The van der Waals surface area contributed by atoms with Crippen LogP contribution in [0.2, 0.25) is 0 Å². The van der Waals surface area contributed by atoms with Gasteiger partial charge in [-0.2, -0.15) is 0 Å². The monoisotopic (exact) mass is 861 g/mol. The zero-order valence-electron chi connectivity index (χ0n) is 40.2. The number of unbranched alkanes of at least 4 members (excludes halogenated alkanes) is 10. The van der Waals surface area contributed by atoms with Gasteiger partial charge in [-0.05, 0) is 94.9 Å². The van der Waals surface area contributed by atoms with Gasteiger partial charge in [0.05, 0.1) is 23.5 Å². The predicted molar refractivity (Wildman–Crippen MR) is 263 cm³/mol. The van der Waals surface area contributed by atoms with Crippen molar-refractivity contribution in [2.24, 2.45) is 10.8 Å². The third-order valence-electron chi connectivity index (χ3n) is 12.4. The molecule has 0 saturated heterocycles. The Bertz CT molecular complexity index is 1910. The molecule has 0 aromatic rings. The molecule has 1 heterocycles. The molecule has 0 aromatic heterocycles. The summed E-state index contributed by atoms with van der Waals surface area (Å²) in [6.45, 7) is 18.0. The van der Waals surface area contributed by atoms with Crippen LogP contribution in [-0.2, 0) is 14.3 Å². The molecule has 0 spiro atoms. The number of aliphatic hydroxyl groups is 3. The Morgan fingerprint density at radius 2 is 1.41 bits per heavy atom. The number of carbonyl (C=O) groups is 1. The second-order valence-corrected chi connectivity index (χ2v) is 19.3. The molecule has 1 saturated carbocycles. The van der Waals surface area contributed by atoms with Crippen molar-refractivity contribution in [2.75, 3.05) is 0 Å². The van der Waals surface area contributed by atoms with Crippen molar-refractivity contribution >= 4 is 5.97 Å². The molecular formula is C57H80O6. The van der Waals surface area contributed by atoms with E-state index in [9.17, 15) is 20.1 Å². The number of rotatable bonds is 22. The minimum atomic E-state index is -1.65. The molecular weight excluding hydrogens is 781 g/mol. The highest BCUT2D eigenvalue weighted by Crippen LogP contribution is 2.50. The highest BCUT2D eigenvalue weighted by Gasteiger charge is 2.58. The molecule has 0 bridgehead atoms. The molecule has 0 unspecified atom stereocenters. The van der Waals surface area contributed by atoms with E-state index >= 15 is 0 Å². The lowest BCUT2D eigenvalue weighted by molar-refractivity contribution is -0.216. The van der Waals surface area contributed by atoms with Crippen molar-refractivity contribution in [2.45, 2.75) is 182 Å². The highest BCUT2D eigenvalue weighted by atomic mass is 16.5. The van der Waals surface area contributed by atoms with E-state index in [-0.39, 0.29) is 23.5 Å². The number of aliphatic hydroxyl groups excluding tert-OH is 1. The van der Waals surface area contributed by atoms with E-state index < -0.39 is 28.7 Å². The lowest BCUT2D eigenvalue weighted by atomic mass is 9.57. The Morgan fingerprint density at radius 1 is 0.810 bits per heavy atom. The van der Waals surface area contributed by atoms with Crippen LogP contribution in [0, 0.1) is 22.7 Å². The summed E-state index contributed by atoms with van der Waals surface area (Å²) in [6, 6.07) is 0. The summed E-state index contributed by atoms with van der Waals surface area (Å²) in [7, 11) is 0. The standard InChI is InChI=1S/C57H80O6/c1-10-11-12-13-14-15-16-17-18-19-20-21-22-23-24-25-28-31-38-62-51-40-47(4)52(54(5,6)44-51)35-34-45(2)32-29-26-27-30-33-46(3)39-50-41-48(53(59)63-50)36-37-57(61)55(7,8)42-49(58)43-56(57,9)60/h21-33,36-39,41,49,51,58,60-61H,10-20,40,42-44H2,1-9H3/b22-21+,24-23+,28-25+,29-26+,30-27+,37-36+,38-31+,45-32+,46-33+,50-39-/t49-,51+,56+,57+/m0/s1. The zero-order valence-corrected chi connectivity index (χ0v) is 40.2. The second kappa shape index (κ2) is 26.4. The normalized spacial score (nSPS) is 26.4. The molecule has 1 aliphatic heterocycles. The third-order valence-corrected chi connectivity index (χ3v) is 12.4. The molecule has 63 heavy (non-hydrogen) atoms. The number of esters is 1. The Labute approximate surface area is 382 Å². The van der Waals surface area contributed by atoms with E-state index in [0.717, 1.165) is 30.4 Å². The van der Waals surface area contributed by atoms with Gasteiger partial charge in [-0.25, -0.2) is 4.79 Å². The average molecular weight is 861 g/mol. The Morgan fingerprint density at radius 3 is 2.06 bits per heavy atom. The van der Waals surface area contributed by atoms with Crippen LogP contribution in [0.15, 0.2) is 143 Å². The Kier molecular flexibility index (Phi) is 22.2. The summed E-state index contributed by atoms with van der Waals surface area (Å²) < 4.78 is 11.6. The number of hydrogen-bond donors (Lipinski definition) is 3. The predicted octanol–water partition coefficient (Wildman–Crippen LogP) is 13.6. The fourth-order valence-electron chi connectivity index (χ4n) is 8.90. The molecule has 1 fully saturated rings. The maximum Gasteiger partial charge on any atom is 0.343 e. The molecule has 4 atom stereocenters. The van der Waals surface area contributed by atoms with Crippen LogP contribution in [-0.4, -0.2) is 44.7 Å². The van der Waals surface area contributed by atoms with Gasteiger partial charge in [0.2, 0.25) is 0 Å². The van der Waals surface area contributed by atoms with Gasteiger partial charge in [0.1, 0.15) is 17.5 Å². The van der Waals surface area contributed by atoms with Gasteiger partial charge in [-0.1, -0.05) is 183 Å². The largest absolute Gasteiger partial charge is 0.498 e. The number of carbonyl (C=O) groups excluding carboxylic acids is 1. The number of ether oxygens (including phenoxy) is 2. The first-order chi connectivity index (χ1) is 29.9. The molecule has 0 aromatic carbocycles. The van der Waals surface area contributed by atoms with Gasteiger partial charge in [-0.3, -0.25) is 0 Å². The van der Waals surface area contributed by atoms with E-state index in [4.69, 9.17) is 9.47 Å². The topological polar surface area (TPSA) is 96.2 Å². The van der Waals surface area contributed by atoms with E-state index in [1.807, 2.05) is 74.8 Å². The molecule has 344 valence electrons. The van der Waals surface area contributed by atoms with Crippen molar-refractivity contribution in [3.8, 4) is 11.8 Å². The molecule has 0 radical (unpaired) electrons. The van der Waals surface area contributed by atoms with Crippen molar-refractivity contribution < 1.29 is 29.6 Å².